The van der Waals surface area contributed by atoms with Crippen molar-refractivity contribution in [1.82, 2.24) is 15.6 Å². The highest BCUT2D eigenvalue weighted by molar-refractivity contribution is 6.23. The van der Waals surface area contributed by atoms with Crippen LogP contribution >= 0.6 is 0 Å². The molecule has 168 valence electrons. The third-order valence-electron chi connectivity index (χ3n) is 6.41. The fourth-order valence-electron chi connectivity index (χ4n) is 4.77. The molecule has 0 radical (unpaired) electrons. The van der Waals surface area contributed by atoms with Gasteiger partial charge in [0, 0.05) is 29.9 Å². The Labute approximate surface area is 184 Å². The summed E-state index contributed by atoms with van der Waals surface area (Å²) in [7, 11) is 0. The minimum Gasteiger partial charge on any atom is -0.326 e. The summed E-state index contributed by atoms with van der Waals surface area (Å²) < 4.78 is 0. The summed E-state index contributed by atoms with van der Waals surface area (Å²) in [5.74, 6) is -2.52. The second kappa shape index (κ2) is 8.89. The van der Waals surface area contributed by atoms with Crippen LogP contribution in [-0.4, -0.2) is 46.8 Å². The monoisotopic (exact) mass is 439 g/mol. The molecule has 2 saturated carbocycles. The minimum atomic E-state index is -1.28. The van der Waals surface area contributed by atoms with Gasteiger partial charge in [-0.3, -0.25) is 29.4 Å². The molecule has 0 aromatic heterocycles. The van der Waals surface area contributed by atoms with Crippen molar-refractivity contribution in [3.63, 3.8) is 0 Å². The zero-order chi connectivity index (χ0) is 22.8. The number of amides is 6. The molecule has 1 heterocycles. The Morgan fingerprint density at radius 3 is 2.53 bits per heavy atom. The number of hydrogen-bond acceptors (Lipinski definition) is 6. The van der Waals surface area contributed by atoms with Crippen LogP contribution in [0.3, 0.4) is 0 Å². The Morgan fingerprint density at radius 2 is 1.91 bits per heavy atom. The Bertz CT molecular complexity index is 989. The number of rotatable bonds is 6. The van der Waals surface area contributed by atoms with Gasteiger partial charge in [-0.1, -0.05) is 13.3 Å². The van der Waals surface area contributed by atoms with Gasteiger partial charge >= 0.3 is 6.03 Å². The smallest absolute Gasteiger partial charge is 0.326 e. The van der Waals surface area contributed by atoms with Crippen molar-refractivity contribution in [3.8, 4) is 0 Å². The molecule has 10 heteroatoms. The van der Waals surface area contributed by atoms with Gasteiger partial charge in [-0.2, -0.15) is 5.10 Å². The average Bonchev–Trinajstić information content (AvgIpc) is 3.40. The molecular formula is C22H25N5O5. The van der Waals surface area contributed by atoms with E-state index in [1.54, 1.807) is 19.1 Å². The maximum Gasteiger partial charge on any atom is 0.331 e. The highest BCUT2D eigenvalue weighted by atomic mass is 16.2. The molecule has 4 rings (SSSR count). The Hall–Kier alpha value is -3.56. The lowest BCUT2D eigenvalue weighted by molar-refractivity contribution is -0.141. The van der Waals surface area contributed by atoms with E-state index in [2.05, 4.69) is 21.2 Å². The van der Waals surface area contributed by atoms with Crippen LogP contribution in [-0.2, 0) is 14.4 Å². The van der Waals surface area contributed by atoms with Gasteiger partial charge < -0.3 is 5.32 Å². The molecule has 4 atom stereocenters. The summed E-state index contributed by atoms with van der Waals surface area (Å²) in [4.78, 5) is 62.3. The van der Waals surface area contributed by atoms with Crippen molar-refractivity contribution in [2.45, 2.75) is 45.1 Å². The first-order valence-corrected chi connectivity index (χ1v) is 10.8. The van der Waals surface area contributed by atoms with Crippen LogP contribution in [0, 0.1) is 17.8 Å². The first-order valence-electron chi connectivity index (χ1n) is 10.8. The highest BCUT2D eigenvalue weighted by Gasteiger charge is 2.50. The molecule has 1 aromatic carbocycles. The van der Waals surface area contributed by atoms with E-state index >= 15 is 0 Å². The van der Waals surface area contributed by atoms with Crippen LogP contribution in [0.4, 0.5) is 10.5 Å². The van der Waals surface area contributed by atoms with Gasteiger partial charge in [-0.15, -0.1) is 0 Å². The largest absolute Gasteiger partial charge is 0.331 e. The molecule has 10 nitrogen and oxygen atoms in total. The Morgan fingerprint density at radius 1 is 1.16 bits per heavy atom. The van der Waals surface area contributed by atoms with Crippen molar-refractivity contribution < 1.29 is 24.0 Å². The van der Waals surface area contributed by atoms with Crippen LogP contribution < -0.4 is 16.1 Å². The van der Waals surface area contributed by atoms with E-state index in [4.69, 9.17) is 0 Å². The highest BCUT2D eigenvalue weighted by Crippen LogP contribution is 2.47. The predicted molar refractivity (Wildman–Crippen MR) is 114 cm³/mol. The number of imide groups is 2. The van der Waals surface area contributed by atoms with Gasteiger partial charge in [-0.05, 0) is 55.4 Å². The number of nitrogens with zero attached hydrogens (tertiary/aromatic N) is 2. The number of fused-ring (bicyclic) bond motifs is 2. The van der Waals surface area contributed by atoms with E-state index in [1.165, 1.54) is 17.0 Å². The van der Waals surface area contributed by atoms with Crippen LogP contribution in [0.2, 0.25) is 0 Å². The number of anilines is 1. The molecule has 1 aliphatic heterocycles. The molecule has 3 N–H and O–H groups in total. The molecule has 1 aromatic rings. The Balaban J connectivity index is 1.38. The van der Waals surface area contributed by atoms with Crippen molar-refractivity contribution >= 4 is 41.6 Å². The quantitative estimate of drug-likeness (QED) is 0.352. The van der Waals surface area contributed by atoms with Gasteiger partial charge in [0.1, 0.15) is 0 Å². The molecule has 6 amide bonds. The lowest BCUT2D eigenvalue weighted by Gasteiger charge is -2.36. The number of carbonyl (C=O) groups is 5. The van der Waals surface area contributed by atoms with E-state index in [0.717, 1.165) is 31.9 Å². The van der Waals surface area contributed by atoms with Gasteiger partial charge in [0.15, 0.2) is 5.92 Å². The van der Waals surface area contributed by atoms with Crippen LogP contribution in [0.5, 0.6) is 0 Å². The topological polar surface area (TPSA) is 137 Å². The number of hydrogen-bond donors (Lipinski definition) is 3. The summed E-state index contributed by atoms with van der Waals surface area (Å²) in [6, 6.07) is 5.34. The number of barbiturate groups is 1. The third kappa shape index (κ3) is 4.25. The zero-order valence-electron chi connectivity index (χ0n) is 17.7. The van der Waals surface area contributed by atoms with Gasteiger partial charge in [-0.25, -0.2) is 10.2 Å². The van der Waals surface area contributed by atoms with Gasteiger partial charge in [0.2, 0.25) is 17.7 Å². The van der Waals surface area contributed by atoms with Crippen molar-refractivity contribution in [2.24, 2.45) is 22.9 Å². The van der Waals surface area contributed by atoms with Crippen molar-refractivity contribution in [3.05, 3.63) is 29.8 Å². The van der Waals surface area contributed by atoms with Crippen molar-refractivity contribution in [2.75, 3.05) is 5.32 Å². The van der Waals surface area contributed by atoms with Crippen LogP contribution in [0.1, 0.15) is 49.4 Å². The molecule has 2 bridgehead atoms. The summed E-state index contributed by atoms with van der Waals surface area (Å²) in [5.41, 5.74) is 3.14. The maximum atomic E-state index is 12.9. The van der Waals surface area contributed by atoms with E-state index < -0.39 is 29.7 Å². The number of benzene rings is 1. The molecule has 0 spiro atoms. The lowest BCUT2D eigenvalue weighted by Crippen LogP contribution is -2.62. The van der Waals surface area contributed by atoms with Crippen molar-refractivity contribution in [1.29, 1.82) is 0 Å². The Kier molecular flexibility index (Phi) is 6.02. The van der Waals surface area contributed by atoms with E-state index in [0.29, 0.717) is 18.0 Å². The number of hydrazone groups is 1. The normalized spacial score (nSPS) is 27.0. The standard InChI is InChI=1S/C22H25N5O5/c1-2-18(28)24-15-7-5-13(6-8-15)19(29)26-23-11-16-20(30)25-22(32)27(21(16)31)17-10-12-3-4-14(17)9-12/h5-8,11-12,14,16-17H,2-4,9-10H2,1H3,(H,24,28)(H,26,29)(H,25,30,32)/b23-11-/t12-,14-,16-,17+/m0/s1. The lowest BCUT2D eigenvalue weighted by atomic mass is 9.92. The molecule has 32 heavy (non-hydrogen) atoms. The van der Waals surface area contributed by atoms with E-state index in [9.17, 15) is 24.0 Å². The summed E-state index contributed by atoms with van der Waals surface area (Å²) in [6.07, 6.45) is 5.27. The molecule has 2 aliphatic carbocycles. The fraction of sp³-hybridized carbons (Fsp3) is 0.455. The van der Waals surface area contributed by atoms with Crippen LogP contribution in [0.25, 0.3) is 0 Å². The summed E-state index contributed by atoms with van der Waals surface area (Å²) in [6.45, 7) is 1.74. The van der Waals surface area contributed by atoms with Gasteiger partial charge in [0.05, 0.1) is 0 Å². The molecule has 3 fully saturated rings. The number of carbonyl (C=O) groups excluding carboxylic acids is 5. The summed E-state index contributed by atoms with van der Waals surface area (Å²) in [5, 5.41) is 8.69. The summed E-state index contributed by atoms with van der Waals surface area (Å²) >= 11 is 0. The second-order valence-electron chi connectivity index (χ2n) is 8.42. The molecular weight excluding hydrogens is 414 g/mol. The first kappa shape index (κ1) is 21.7. The molecule has 3 aliphatic rings. The SMILES string of the molecule is CCC(=O)Nc1ccc(C(=O)N/N=C\[C@H]2C(=O)NC(=O)N([C@@H]3C[C@H]4CC[C@H]3C4)C2=O)cc1. The third-order valence-corrected chi connectivity index (χ3v) is 6.41. The van der Waals surface area contributed by atoms with Gasteiger partial charge in [0.25, 0.3) is 5.91 Å². The predicted octanol–water partition coefficient (Wildman–Crippen LogP) is 1.63. The zero-order valence-corrected chi connectivity index (χ0v) is 17.7. The van der Waals surface area contributed by atoms with E-state index in [1.807, 2.05) is 0 Å². The molecule has 1 saturated heterocycles. The number of nitrogens with one attached hydrogen (secondary N) is 3. The molecule has 0 unspecified atom stereocenters. The first-order chi connectivity index (χ1) is 15.4. The number of urea groups is 1. The van der Waals surface area contributed by atoms with E-state index in [-0.39, 0.29) is 23.4 Å². The minimum absolute atomic E-state index is 0.139. The maximum absolute atomic E-state index is 12.9. The fourth-order valence-corrected chi connectivity index (χ4v) is 4.77. The average molecular weight is 439 g/mol. The second-order valence-corrected chi connectivity index (χ2v) is 8.42. The van der Waals surface area contributed by atoms with Crippen LogP contribution in [0.15, 0.2) is 29.4 Å².